The van der Waals surface area contributed by atoms with E-state index in [4.69, 9.17) is 4.74 Å². The van der Waals surface area contributed by atoms with E-state index in [1.807, 2.05) is 25.1 Å². The fourth-order valence-electron chi connectivity index (χ4n) is 4.78. The van der Waals surface area contributed by atoms with Crippen molar-refractivity contribution in [2.75, 3.05) is 25.6 Å². The molecule has 176 valence electrons. The molecule has 34 heavy (non-hydrogen) atoms. The molecule has 0 aliphatic carbocycles. The van der Waals surface area contributed by atoms with E-state index in [1.54, 1.807) is 24.3 Å². The SMILES string of the molecule is CN(C)c1ccc2c3c(cccc13)C(=O)N([C@@H]1[C@H](O)[C@@H](CO)O[C@H]1n1ccc(=O)[nH]c1=O)C2=O. The molecule has 1 aromatic heterocycles. The molecule has 0 saturated carbocycles. The van der Waals surface area contributed by atoms with Crippen LogP contribution in [0, 0.1) is 0 Å². The molecule has 5 rings (SSSR count). The molecule has 0 bridgehead atoms. The highest BCUT2D eigenvalue weighted by Gasteiger charge is 2.52. The summed E-state index contributed by atoms with van der Waals surface area (Å²) in [5.41, 5.74) is -0.122. The van der Waals surface area contributed by atoms with Crippen LogP contribution in [0.25, 0.3) is 10.8 Å². The zero-order valence-electron chi connectivity index (χ0n) is 18.3. The minimum Gasteiger partial charge on any atom is -0.394 e. The summed E-state index contributed by atoms with van der Waals surface area (Å²) in [7, 11) is 3.72. The quantitative estimate of drug-likeness (QED) is 0.443. The van der Waals surface area contributed by atoms with E-state index in [0.717, 1.165) is 32.8 Å². The van der Waals surface area contributed by atoms with E-state index in [-0.39, 0.29) is 11.1 Å². The highest BCUT2D eigenvalue weighted by atomic mass is 16.5. The van der Waals surface area contributed by atoms with Crippen molar-refractivity contribution < 1.29 is 24.5 Å². The van der Waals surface area contributed by atoms with Gasteiger partial charge in [-0.1, -0.05) is 12.1 Å². The van der Waals surface area contributed by atoms with Gasteiger partial charge in [-0.2, -0.15) is 0 Å². The summed E-state index contributed by atoms with van der Waals surface area (Å²) in [6.07, 6.45) is -2.82. The first-order chi connectivity index (χ1) is 16.2. The molecule has 3 heterocycles. The molecule has 0 radical (unpaired) electrons. The van der Waals surface area contributed by atoms with Crippen molar-refractivity contribution in [3.8, 4) is 0 Å². The number of benzene rings is 2. The number of anilines is 1. The number of nitrogens with one attached hydrogen (secondary N) is 1. The molecule has 3 aromatic rings. The van der Waals surface area contributed by atoms with E-state index < -0.39 is 54.1 Å². The fraction of sp³-hybridized carbons (Fsp3) is 0.304. The lowest BCUT2D eigenvalue weighted by Crippen LogP contribution is -2.55. The number of amides is 2. The normalized spacial score (nSPS) is 24.2. The van der Waals surface area contributed by atoms with Gasteiger partial charge in [0.05, 0.1) is 6.61 Å². The molecule has 4 atom stereocenters. The van der Waals surface area contributed by atoms with Crippen molar-refractivity contribution in [1.29, 1.82) is 0 Å². The van der Waals surface area contributed by atoms with Gasteiger partial charge in [-0.05, 0) is 18.2 Å². The monoisotopic (exact) mass is 466 g/mol. The number of hydrogen-bond acceptors (Lipinski definition) is 8. The summed E-state index contributed by atoms with van der Waals surface area (Å²) in [6, 6.07) is 8.27. The van der Waals surface area contributed by atoms with Gasteiger partial charge in [-0.15, -0.1) is 0 Å². The first kappa shape index (κ1) is 22.0. The van der Waals surface area contributed by atoms with Crippen LogP contribution in [0.4, 0.5) is 5.69 Å². The number of carbonyl (C=O) groups is 2. The molecular formula is C23H22N4O7. The number of aliphatic hydroxyl groups is 2. The maximum atomic E-state index is 13.7. The third-order valence-corrected chi connectivity index (χ3v) is 6.34. The number of nitrogens with zero attached hydrogens (tertiary/aromatic N) is 3. The molecule has 2 aromatic carbocycles. The second kappa shape index (κ2) is 7.90. The number of carbonyl (C=O) groups excluding carboxylic acids is 2. The standard InChI is InChI=1S/C23H22N4O7/c1-25(2)14-7-6-13-17-11(14)4-3-5-12(17)20(31)27(21(13)32)18-19(30)15(10-28)34-22(18)26-9-8-16(29)24-23(26)33/h3-9,15,18-19,22,28,30H,10H2,1-2H3,(H,24,29,33)/t15-,18-,19-,22-/m1/s1. The largest absolute Gasteiger partial charge is 0.394 e. The van der Waals surface area contributed by atoms with Crippen LogP contribution < -0.4 is 16.1 Å². The van der Waals surface area contributed by atoms with Gasteiger partial charge in [-0.25, -0.2) is 4.79 Å². The zero-order valence-corrected chi connectivity index (χ0v) is 18.3. The molecule has 0 unspecified atom stereocenters. The van der Waals surface area contributed by atoms with Crippen LogP contribution in [-0.2, 0) is 4.74 Å². The average molecular weight is 466 g/mol. The van der Waals surface area contributed by atoms with Gasteiger partial charge in [0.1, 0.15) is 18.2 Å². The highest BCUT2D eigenvalue weighted by Crippen LogP contribution is 2.40. The molecular weight excluding hydrogens is 444 g/mol. The Bertz CT molecular complexity index is 1420. The van der Waals surface area contributed by atoms with Crippen molar-refractivity contribution in [1.82, 2.24) is 14.5 Å². The Hall–Kier alpha value is -3.80. The summed E-state index contributed by atoms with van der Waals surface area (Å²) in [4.78, 5) is 56.2. The summed E-state index contributed by atoms with van der Waals surface area (Å²) < 4.78 is 6.67. The molecule has 3 N–H and O–H groups in total. The Balaban J connectivity index is 1.68. The van der Waals surface area contributed by atoms with Crippen LogP contribution in [0.15, 0.2) is 52.2 Å². The Labute approximate surface area is 192 Å². The van der Waals surface area contributed by atoms with Crippen molar-refractivity contribution >= 4 is 28.3 Å². The molecule has 2 aliphatic rings. The average Bonchev–Trinajstić information content (AvgIpc) is 3.13. The third-order valence-electron chi connectivity index (χ3n) is 6.34. The molecule has 11 heteroatoms. The molecule has 0 spiro atoms. The van der Waals surface area contributed by atoms with Crippen LogP contribution in [0.2, 0.25) is 0 Å². The van der Waals surface area contributed by atoms with Crippen LogP contribution in [0.5, 0.6) is 0 Å². The maximum Gasteiger partial charge on any atom is 0.330 e. The molecule has 2 amide bonds. The van der Waals surface area contributed by atoms with Crippen LogP contribution in [0.3, 0.4) is 0 Å². The minimum atomic E-state index is -1.48. The Kier molecular flexibility index (Phi) is 5.12. The third kappa shape index (κ3) is 3.09. The minimum absolute atomic E-state index is 0.267. The van der Waals surface area contributed by atoms with Gasteiger partial charge in [0, 0.05) is 53.9 Å². The fourth-order valence-corrected chi connectivity index (χ4v) is 4.78. The smallest absolute Gasteiger partial charge is 0.330 e. The lowest BCUT2D eigenvalue weighted by molar-refractivity contribution is -0.0488. The van der Waals surface area contributed by atoms with Crippen LogP contribution in [-0.4, -0.2) is 75.4 Å². The summed E-state index contributed by atoms with van der Waals surface area (Å²) in [5.74, 6) is -1.32. The summed E-state index contributed by atoms with van der Waals surface area (Å²) in [6.45, 7) is -0.610. The number of aliphatic hydroxyl groups excluding tert-OH is 2. The van der Waals surface area contributed by atoms with E-state index in [1.165, 1.54) is 0 Å². The van der Waals surface area contributed by atoms with E-state index in [0.29, 0.717) is 5.39 Å². The first-order valence-corrected chi connectivity index (χ1v) is 10.6. The van der Waals surface area contributed by atoms with E-state index in [2.05, 4.69) is 4.98 Å². The van der Waals surface area contributed by atoms with Crippen LogP contribution in [0.1, 0.15) is 26.9 Å². The highest BCUT2D eigenvalue weighted by molar-refractivity contribution is 6.27. The van der Waals surface area contributed by atoms with Gasteiger partial charge >= 0.3 is 5.69 Å². The number of aromatic nitrogens is 2. The number of H-pyrrole nitrogens is 1. The maximum absolute atomic E-state index is 13.7. The number of ether oxygens (including phenoxy) is 1. The number of aromatic amines is 1. The van der Waals surface area contributed by atoms with Gasteiger partial charge in [-0.3, -0.25) is 28.8 Å². The number of hydrogen-bond donors (Lipinski definition) is 3. The van der Waals surface area contributed by atoms with E-state index in [9.17, 15) is 29.4 Å². The Morgan fingerprint density at radius 2 is 1.74 bits per heavy atom. The molecule has 1 fully saturated rings. The van der Waals surface area contributed by atoms with E-state index >= 15 is 0 Å². The van der Waals surface area contributed by atoms with Crippen molar-refractivity contribution in [3.05, 3.63) is 74.6 Å². The first-order valence-electron chi connectivity index (χ1n) is 10.6. The summed E-state index contributed by atoms with van der Waals surface area (Å²) >= 11 is 0. The Morgan fingerprint density at radius 1 is 1.03 bits per heavy atom. The lowest BCUT2D eigenvalue weighted by Gasteiger charge is -2.36. The molecule has 2 aliphatic heterocycles. The van der Waals surface area contributed by atoms with Crippen LogP contribution >= 0.6 is 0 Å². The van der Waals surface area contributed by atoms with Crippen molar-refractivity contribution in [2.24, 2.45) is 0 Å². The predicted molar refractivity (Wildman–Crippen MR) is 121 cm³/mol. The topological polar surface area (TPSA) is 145 Å². The Morgan fingerprint density at radius 3 is 2.38 bits per heavy atom. The summed E-state index contributed by atoms with van der Waals surface area (Å²) in [5, 5.41) is 21.9. The second-order valence-electron chi connectivity index (χ2n) is 8.48. The lowest BCUT2D eigenvalue weighted by atomic mass is 9.91. The van der Waals surface area contributed by atoms with Crippen molar-refractivity contribution in [2.45, 2.75) is 24.5 Å². The van der Waals surface area contributed by atoms with Gasteiger partial charge < -0.3 is 19.8 Å². The van der Waals surface area contributed by atoms with Gasteiger partial charge in [0.25, 0.3) is 17.4 Å². The van der Waals surface area contributed by atoms with Gasteiger partial charge in [0.2, 0.25) is 0 Å². The number of imide groups is 1. The second-order valence-corrected chi connectivity index (χ2v) is 8.48. The molecule has 1 saturated heterocycles. The van der Waals surface area contributed by atoms with Crippen molar-refractivity contribution in [3.63, 3.8) is 0 Å². The molecule has 11 nitrogen and oxygen atoms in total. The predicted octanol–water partition coefficient (Wildman–Crippen LogP) is -0.329. The van der Waals surface area contributed by atoms with Gasteiger partial charge in [0.15, 0.2) is 6.23 Å². The number of rotatable bonds is 4. The zero-order chi connectivity index (χ0) is 24.3.